The first-order valence-electron chi connectivity index (χ1n) is 10.2. The van der Waals surface area contributed by atoms with Crippen LogP contribution >= 0.6 is 0 Å². The fraction of sp³-hybridized carbons (Fsp3) is 0.435. The Labute approximate surface area is 179 Å². The van der Waals surface area contributed by atoms with Crippen LogP contribution in [0.3, 0.4) is 0 Å². The number of nitrogens with zero attached hydrogens (tertiary/aromatic N) is 1. The molecule has 0 aromatic heterocycles. The minimum absolute atomic E-state index is 0.0222. The van der Waals surface area contributed by atoms with Crippen molar-refractivity contribution in [1.29, 1.82) is 0 Å². The Morgan fingerprint density at radius 2 is 1.77 bits per heavy atom. The molecule has 3 rings (SSSR count). The van der Waals surface area contributed by atoms with Crippen molar-refractivity contribution in [1.82, 2.24) is 9.62 Å². The van der Waals surface area contributed by atoms with Gasteiger partial charge in [0.15, 0.2) is 0 Å². The van der Waals surface area contributed by atoms with Gasteiger partial charge in [-0.1, -0.05) is 29.8 Å². The van der Waals surface area contributed by atoms with E-state index in [1.807, 2.05) is 48.2 Å². The summed E-state index contributed by atoms with van der Waals surface area (Å²) in [6.45, 7) is 6.98. The summed E-state index contributed by atoms with van der Waals surface area (Å²) in [5, 5.41) is 0. The van der Waals surface area contributed by atoms with E-state index < -0.39 is 10.0 Å². The van der Waals surface area contributed by atoms with Crippen molar-refractivity contribution in [3.8, 4) is 5.75 Å². The number of carbonyl (C=O) groups is 1. The van der Waals surface area contributed by atoms with Crippen molar-refractivity contribution in [2.75, 3.05) is 26.7 Å². The zero-order valence-electron chi connectivity index (χ0n) is 18.1. The Balaban J connectivity index is 1.55. The van der Waals surface area contributed by atoms with E-state index in [1.165, 1.54) is 5.56 Å². The van der Waals surface area contributed by atoms with Crippen LogP contribution in [0.2, 0.25) is 0 Å². The summed E-state index contributed by atoms with van der Waals surface area (Å²) in [6.07, 6.45) is 1.06. The standard InChI is InChI=1S/C23H30N2O4S/c1-16-13-17(2)23(18(3)14-16)30(27,28)24-11-9-22(26)25-12-10-20(15-25)19-5-7-21(29-4)8-6-19/h5-8,13-14,20,24H,9-12,15H2,1-4H3. The molecule has 7 heteroatoms. The Bertz CT molecular complexity index is 993. The third-order valence-corrected chi connectivity index (χ3v) is 7.40. The van der Waals surface area contributed by atoms with Gasteiger partial charge in [0.2, 0.25) is 15.9 Å². The number of aryl methyl sites for hydroxylation is 3. The Kier molecular flexibility index (Phi) is 6.83. The molecule has 6 nitrogen and oxygen atoms in total. The monoisotopic (exact) mass is 430 g/mol. The molecule has 1 fully saturated rings. The second-order valence-corrected chi connectivity index (χ2v) is 9.68. The molecule has 2 aromatic rings. The number of rotatable bonds is 7. The van der Waals surface area contributed by atoms with Gasteiger partial charge in [-0.25, -0.2) is 13.1 Å². The molecule has 1 unspecified atom stereocenters. The number of hydrogen-bond acceptors (Lipinski definition) is 4. The zero-order chi connectivity index (χ0) is 21.9. The fourth-order valence-electron chi connectivity index (χ4n) is 4.25. The summed E-state index contributed by atoms with van der Waals surface area (Å²) in [4.78, 5) is 14.7. The van der Waals surface area contributed by atoms with Gasteiger partial charge < -0.3 is 9.64 Å². The fourth-order valence-corrected chi connectivity index (χ4v) is 5.73. The summed E-state index contributed by atoms with van der Waals surface area (Å²) < 4.78 is 33.3. The van der Waals surface area contributed by atoms with Gasteiger partial charge in [-0.15, -0.1) is 0 Å². The van der Waals surface area contributed by atoms with E-state index in [1.54, 1.807) is 21.0 Å². The molecule has 1 N–H and O–H groups in total. The summed E-state index contributed by atoms with van der Waals surface area (Å²) in [5.74, 6) is 1.09. The van der Waals surface area contributed by atoms with Crippen LogP contribution in [-0.4, -0.2) is 46.0 Å². The molecule has 0 radical (unpaired) electrons. The topological polar surface area (TPSA) is 75.7 Å². The van der Waals surface area contributed by atoms with Gasteiger partial charge in [-0.05, 0) is 56.0 Å². The lowest BCUT2D eigenvalue weighted by atomic mass is 9.98. The maximum atomic E-state index is 12.7. The number of ether oxygens (including phenoxy) is 1. The van der Waals surface area contributed by atoms with Crippen LogP contribution in [0.5, 0.6) is 5.75 Å². The average Bonchev–Trinajstić information content (AvgIpc) is 3.17. The van der Waals surface area contributed by atoms with E-state index in [0.29, 0.717) is 35.0 Å². The van der Waals surface area contributed by atoms with Gasteiger partial charge in [0.1, 0.15) is 5.75 Å². The summed E-state index contributed by atoms with van der Waals surface area (Å²) in [6, 6.07) is 11.7. The van der Waals surface area contributed by atoms with Crippen LogP contribution in [0, 0.1) is 20.8 Å². The van der Waals surface area contributed by atoms with E-state index in [-0.39, 0.29) is 18.9 Å². The predicted molar refractivity (Wildman–Crippen MR) is 117 cm³/mol. The quantitative estimate of drug-likeness (QED) is 0.731. The molecule has 1 amide bonds. The molecule has 0 aliphatic carbocycles. The number of benzene rings is 2. The Morgan fingerprint density at radius 3 is 2.37 bits per heavy atom. The second-order valence-electron chi connectivity index (χ2n) is 7.97. The zero-order valence-corrected chi connectivity index (χ0v) is 18.9. The largest absolute Gasteiger partial charge is 0.497 e. The minimum Gasteiger partial charge on any atom is -0.497 e. The number of carbonyl (C=O) groups excluding carboxylic acids is 1. The number of likely N-dealkylation sites (tertiary alicyclic amines) is 1. The van der Waals surface area contributed by atoms with Crippen molar-refractivity contribution in [3.63, 3.8) is 0 Å². The molecule has 162 valence electrons. The average molecular weight is 431 g/mol. The third-order valence-electron chi connectivity index (χ3n) is 5.63. The van der Waals surface area contributed by atoms with Gasteiger partial charge in [-0.2, -0.15) is 0 Å². The SMILES string of the molecule is COc1ccc(C2CCN(C(=O)CCNS(=O)(=O)c3c(C)cc(C)cc3C)C2)cc1. The van der Waals surface area contributed by atoms with E-state index >= 15 is 0 Å². The molecule has 1 aliphatic heterocycles. The van der Waals surface area contributed by atoms with Crippen molar-refractivity contribution >= 4 is 15.9 Å². The molecule has 1 heterocycles. The third kappa shape index (κ3) is 5.02. The maximum Gasteiger partial charge on any atom is 0.241 e. The van der Waals surface area contributed by atoms with Crippen LogP contribution in [-0.2, 0) is 14.8 Å². The molecule has 0 spiro atoms. The lowest BCUT2D eigenvalue weighted by molar-refractivity contribution is -0.130. The summed E-state index contributed by atoms with van der Waals surface area (Å²) >= 11 is 0. The molecule has 2 aromatic carbocycles. The first kappa shape index (κ1) is 22.3. The van der Waals surface area contributed by atoms with Gasteiger partial charge >= 0.3 is 0 Å². The minimum atomic E-state index is -3.65. The van der Waals surface area contributed by atoms with Crippen LogP contribution in [0.15, 0.2) is 41.3 Å². The van der Waals surface area contributed by atoms with Crippen LogP contribution in [0.1, 0.15) is 41.0 Å². The number of amides is 1. The predicted octanol–water partition coefficient (Wildman–Crippen LogP) is 3.30. The Hall–Kier alpha value is -2.38. The lowest BCUT2D eigenvalue weighted by Crippen LogP contribution is -2.33. The molecule has 0 bridgehead atoms. The first-order valence-corrected chi connectivity index (χ1v) is 11.7. The van der Waals surface area contributed by atoms with Gasteiger partial charge in [0.25, 0.3) is 0 Å². The van der Waals surface area contributed by atoms with Crippen molar-refractivity contribution in [2.45, 2.75) is 44.4 Å². The summed E-state index contributed by atoms with van der Waals surface area (Å²) in [5.41, 5.74) is 3.65. The molecule has 30 heavy (non-hydrogen) atoms. The van der Waals surface area contributed by atoms with Crippen LogP contribution in [0.25, 0.3) is 0 Å². The van der Waals surface area contributed by atoms with Gasteiger partial charge in [-0.3, -0.25) is 4.79 Å². The number of nitrogens with one attached hydrogen (secondary N) is 1. The van der Waals surface area contributed by atoms with E-state index in [4.69, 9.17) is 4.74 Å². The molecular weight excluding hydrogens is 400 g/mol. The van der Waals surface area contributed by atoms with Crippen molar-refractivity contribution < 1.29 is 17.9 Å². The molecule has 1 aliphatic rings. The smallest absolute Gasteiger partial charge is 0.241 e. The Morgan fingerprint density at radius 1 is 1.13 bits per heavy atom. The highest BCUT2D eigenvalue weighted by Gasteiger charge is 2.27. The lowest BCUT2D eigenvalue weighted by Gasteiger charge is -2.18. The molecule has 1 atom stereocenters. The normalized spacial score (nSPS) is 16.7. The van der Waals surface area contributed by atoms with Gasteiger partial charge in [0.05, 0.1) is 12.0 Å². The molecular formula is C23H30N2O4S. The molecule has 1 saturated heterocycles. The van der Waals surface area contributed by atoms with Crippen LogP contribution in [0.4, 0.5) is 0 Å². The van der Waals surface area contributed by atoms with E-state index in [9.17, 15) is 13.2 Å². The van der Waals surface area contributed by atoms with Gasteiger partial charge in [0, 0.05) is 32.0 Å². The summed E-state index contributed by atoms with van der Waals surface area (Å²) in [7, 11) is -2.01. The highest BCUT2D eigenvalue weighted by molar-refractivity contribution is 7.89. The number of sulfonamides is 1. The highest BCUT2D eigenvalue weighted by atomic mass is 32.2. The second kappa shape index (κ2) is 9.18. The number of methoxy groups -OCH3 is 1. The van der Waals surface area contributed by atoms with E-state index in [0.717, 1.165) is 17.7 Å². The van der Waals surface area contributed by atoms with Crippen molar-refractivity contribution in [2.24, 2.45) is 0 Å². The maximum absolute atomic E-state index is 12.7. The molecule has 0 saturated carbocycles. The first-order chi connectivity index (χ1) is 14.2. The highest BCUT2D eigenvalue weighted by Crippen LogP contribution is 2.29. The van der Waals surface area contributed by atoms with Crippen LogP contribution < -0.4 is 9.46 Å². The van der Waals surface area contributed by atoms with E-state index in [2.05, 4.69) is 4.72 Å². The van der Waals surface area contributed by atoms with Crippen molar-refractivity contribution in [3.05, 3.63) is 58.7 Å². The number of hydrogen-bond donors (Lipinski definition) is 1.